The van der Waals surface area contributed by atoms with Gasteiger partial charge in [0, 0.05) is 12.6 Å². The predicted octanol–water partition coefficient (Wildman–Crippen LogP) is 2.76. The highest BCUT2D eigenvalue weighted by Gasteiger charge is 2.01. The molecule has 1 N–H and O–H groups in total. The molecule has 74 valence electrons. The van der Waals surface area contributed by atoms with Crippen molar-refractivity contribution >= 4 is 0 Å². The second-order valence-electron chi connectivity index (χ2n) is 3.87. The molecule has 0 spiro atoms. The molecule has 0 radical (unpaired) electrons. The van der Waals surface area contributed by atoms with E-state index in [1.807, 2.05) is 0 Å². The second-order valence-corrected chi connectivity index (χ2v) is 3.87. The molecule has 0 aliphatic carbocycles. The van der Waals surface area contributed by atoms with Crippen LogP contribution in [0.2, 0.25) is 0 Å². The fourth-order valence-electron chi connectivity index (χ4n) is 1.24. The van der Waals surface area contributed by atoms with E-state index >= 15 is 0 Å². The van der Waals surface area contributed by atoms with Gasteiger partial charge in [-0.15, -0.1) is 0 Å². The lowest BCUT2D eigenvalue weighted by Gasteiger charge is -2.12. The van der Waals surface area contributed by atoms with Crippen LogP contribution in [0.1, 0.15) is 40.0 Å². The standard InChI is InChI=1S/C10H22FN/c1-9(2)5-4-6-10(3)12-8-7-11/h9-10,12H,4-8H2,1-3H3. The van der Waals surface area contributed by atoms with E-state index in [2.05, 4.69) is 26.1 Å². The largest absolute Gasteiger partial charge is 0.312 e. The third kappa shape index (κ3) is 7.99. The van der Waals surface area contributed by atoms with Crippen LogP contribution in [-0.2, 0) is 0 Å². The Morgan fingerprint density at radius 1 is 1.17 bits per heavy atom. The van der Waals surface area contributed by atoms with Crippen molar-refractivity contribution in [3.05, 3.63) is 0 Å². The van der Waals surface area contributed by atoms with Crippen molar-refractivity contribution in [1.29, 1.82) is 0 Å². The van der Waals surface area contributed by atoms with Crippen LogP contribution >= 0.6 is 0 Å². The minimum absolute atomic E-state index is 0.255. The average molecular weight is 175 g/mol. The summed E-state index contributed by atoms with van der Waals surface area (Å²) in [4.78, 5) is 0. The Morgan fingerprint density at radius 2 is 1.83 bits per heavy atom. The Morgan fingerprint density at radius 3 is 2.33 bits per heavy atom. The van der Waals surface area contributed by atoms with Gasteiger partial charge in [-0.2, -0.15) is 0 Å². The van der Waals surface area contributed by atoms with Crippen LogP contribution in [0.4, 0.5) is 4.39 Å². The van der Waals surface area contributed by atoms with Gasteiger partial charge in [0.1, 0.15) is 6.67 Å². The third-order valence-corrected chi connectivity index (χ3v) is 2.01. The molecule has 12 heavy (non-hydrogen) atoms. The zero-order chi connectivity index (χ0) is 9.40. The molecular formula is C10H22FN. The molecule has 0 amide bonds. The molecule has 0 heterocycles. The smallest absolute Gasteiger partial charge is 0.102 e. The maximum Gasteiger partial charge on any atom is 0.102 e. The Labute approximate surface area is 75.7 Å². The average Bonchev–Trinajstić information content (AvgIpc) is 2.00. The summed E-state index contributed by atoms with van der Waals surface area (Å²) in [6.07, 6.45) is 3.69. The van der Waals surface area contributed by atoms with E-state index in [0.717, 1.165) is 12.3 Å². The van der Waals surface area contributed by atoms with Crippen molar-refractivity contribution in [3.63, 3.8) is 0 Å². The molecule has 2 heteroatoms. The van der Waals surface area contributed by atoms with E-state index in [0.29, 0.717) is 12.6 Å². The number of alkyl halides is 1. The summed E-state index contributed by atoms with van der Waals surface area (Å²) in [7, 11) is 0. The van der Waals surface area contributed by atoms with Gasteiger partial charge in [-0.1, -0.05) is 26.7 Å². The van der Waals surface area contributed by atoms with E-state index in [-0.39, 0.29) is 6.67 Å². The first-order valence-electron chi connectivity index (χ1n) is 4.96. The van der Waals surface area contributed by atoms with Gasteiger partial charge in [-0.05, 0) is 19.3 Å². The predicted molar refractivity (Wildman–Crippen MR) is 52.1 cm³/mol. The summed E-state index contributed by atoms with van der Waals surface area (Å²) in [6, 6.07) is 0.472. The maximum absolute atomic E-state index is 11.7. The van der Waals surface area contributed by atoms with E-state index in [1.54, 1.807) is 0 Å². The number of hydrogen-bond acceptors (Lipinski definition) is 1. The monoisotopic (exact) mass is 175 g/mol. The van der Waals surface area contributed by atoms with Crippen LogP contribution in [0.3, 0.4) is 0 Å². The Hall–Kier alpha value is -0.110. The van der Waals surface area contributed by atoms with Gasteiger partial charge in [-0.25, -0.2) is 4.39 Å². The van der Waals surface area contributed by atoms with Gasteiger partial charge in [-0.3, -0.25) is 0 Å². The molecular weight excluding hydrogens is 153 g/mol. The van der Waals surface area contributed by atoms with Crippen LogP contribution in [0.15, 0.2) is 0 Å². The van der Waals surface area contributed by atoms with Crippen molar-refractivity contribution in [1.82, 2.24) is 5.32 Å². The summed E-state index contributed by atoms with van der Waals surface area (Å²) in [5.74, 6) is 0.790. The van der Waals surface area contributed by atoms with Crippen molar-refractivity contribution in [3.8, 4) is 0 Å². The molecule has 1 nitrogen and oxygen atoms in total. The van der Waals surface area contributed by atoms with Crippen LogP contribution < -0.4 is 5.32 Å². The summed E-state index contributed by atoms with van der Waals surface area (Å²) >= 11 is 0. The number of rotatable bonds is 7. The summed E-state index contributed by atoms with van der Waals surface area (Å²) in [5, 5.41) is 3.13. The molecule has 0 bridgehead atoms. The van der Waals surface area contributed by atoms with Gasteiger partial charge in [0.2, 0.25) is 0 Å². The molecule has 0 aliphatic heterocycles. The summed E-state index contributed by atoms with van der Waals surface area (Å²) < 4.78 is 11.7. The van der Waals surface area contributed by atoms with Gasteiger partial charge in [0.25, 0.3) is 0 Å². The van der Waals surface area contributed by atoms with Gasteiger partial charge in [0.15, 0.2) is 0 Å². The molecule has 0 aromatic heterocycles. The van der Waals surface area contributed by atoms with Crippen molar-refractivity contribution in [2.45, 2.75) is 46.1 Å². The zero-order valence-electron chi connectivity index (χ0n) is 8.57. The minimum atomic E-state index is -0.255. The first-order valence-corrected chi connectivity index (χ1v) is 4.96. The van der Waals surface area contributed by atoms with E-state index in [1.165, 1.54) is 12.8 Å². The lowest BCUT2D eigenvalue weighted by atomic mass is 10.0. The lowest BCUT2D eigenvalue weighted by Crippen LogP contribution is -2.27. The molecule has 0 saturated heterocycles. The quantitative estimate of drug-likeness (QED) is 0.627. The minimum Gasteiger partial charge on any atom is -0.312 e. The fourth-order valence-corrected chi connectivity index (χ4v) is 1.24. The van der Waals surface area contributed by atoms with E-state index in [9.17, 15) is 4.39 Å². The first kappa shape index (κ1) is 11.9. The fraction of sp³-hybridized carbons (Fsp3) is 1.00. The van der Waals surface area contributed by atoms with Gasteiger partial charge < -0.3 is 5.32 Å². The highest BCUT2D eigenvalue weighted by molar-refractivity contribution is 4.60. The zero-order valence-corrected chi connectivity index (χ0v) is 8.57. The molecule has 0 aliphatic rings. The summed E-state index contributed by atoms with van der Waals surface area (Å²) in [6.45, 7) is 6.84. The molecule has 0 aromatic carbocycles. The molecule has 0 saturated carbocycles. The number of hydrogen-bond donors (Lipinski definition) is 1. The van der Waals surface area contributed by atoms with E-state index in [4.69, 9.17) is 0 Å². The lowest BCUT2D eigenvalue weighted by molar-refractivity contribution is 0.413. The Kier molecular flexibility index (Phi) is 7.47. The van der Waals surface area contributed by atoms with Crippen LogP contribution in [0.25, 0.3) is 0 Å². The number of nitrogens with one attached hydrogen (secondary N) is 1. The molecule has 1 unspecified atom stereocenters. The molecule has 1 atom stereocenters. The van der Waals surface area contributed by atoms with Crippen LogP contribution in [-0.4, -0.2) is 19.3 Å². The van der Waals surface area contributed by atoms with Crippen LogP contribution in [0, 0.1) is 5.92 Å². The normalized spacial score (nSPS) is 13.8. The molecule has 0 rings (SSSR count). The highest BCUT2D eigenvalue weighted by atomic mass is 19.1. The van der Waals surface area contributed by atoms with E-state index < -0.39 is 0 Å². The first-order chi connectivity index (χ1) is 5.66. The van der Waals surface area contributed by atoms with Gasteiger partial charge in [0.05, 0.1) is 0 Å². The Bertz CT molecular complexity index is 93.8. The van der Waals surface area contributed by atoms with Crippen molar-refractivity contribution in [2.24, 2.45) is 5.92 Å². The van der Waals surface area contributed by atoms with Crippen molar-refractivity contribution in [2.75, 3.05) is 13.2 Å². The summed E-state index contributed by atoms with van der Waals surface area (Å²) in [5.41, 5.74) is 0. The maximum atomic E-state index is 11.7. The van der Waals surface area contributed by atoms with Crippen molar-refractivity contribution < 1.29 is 4.39 Å². The number of halogens is 1. The Balaban J connectivity index is 3.13. The highest BCUT2D eigenvalue weighted by Crippen LogP contribution is 2.07. The molecule has 0 fully saturated rings. The SMILES string of the molecule is CC(C)CCCC(C)NCCF. The second kappa shape index (κ2) is 7.53. The topological polar surface area (TPSA) is 12.0 Å². The third-order valence-electron chi connectivity index (χ3n) is 2.01. The van der Waals surface area contributed by atoms with Crippen LogP contribution in [0.5, 0.6) is 0 Å². The molecule has 0 aromatic rings. The van der Waals surface area contributed by atoms with Gasteiger partial charge >= 0.3 is 0 Å².